The zero-order chi connectivity index (χ0) is 15.5. The van der Waals surface area contributed by atoms with Gasteiger partial charge >= 0.3 is 6.18 Å². The van der Waals surface area contributed by atoms with Gasteiger partial charge in [-0.05, 0) is 30.2 Å². The SMILES string of the molecule is Cc1ccc(NCC(O)c2ccccc2)cc1C(F)(F)F. The monoisotopic (exact) mass is 295 g/mol. The number of halogens is 3. The van der Waals surface area contributed by atoms with E-state index >= 15 is 0 Å². The third kappa shape index (κ3) is 3.98. The number of nitrogens with one attached hydrogen (secondary N) is 1. The van der Waals surface area contributed by atoms with Crippen molar-refractivity contribution in [2.24, 2.45) is 0 Å². The molecule has 0 aliphatic rings. The zero-order valence-corrected chi connectivity index (χ0v) is 11.5. The van der Waals surface area contributed by atoms with Crippen LogP contribution in [0.2, 0.25) is 0 Å². The lowest BCUT2D eigenvalue weighted by Crippen LogP contribution is -2.13. The quantitative estimate of drug-likeness (QED) is 0.887. The largest absolute Gasteiger partial charge is 0.416 e. The Kier molecular flexibility index (Phi) is 4.53. The number of benzene rings is 2. The van der Waals surface area contributed by atoms with Gasteiger partial charge in [0.15, 0.2) is 0 Å². The number of hydrogen-bond donors (Lipinski definition) is 2. The highest BCUT2D eigenvalue weighted by molar-refractivity contribution is 5.49. The first-order valence-electron chi connectivity index (χ1n) is 6.52. The molecule has 2 nitrogen and oxygen atoms in total. The molecule has 0 fully saturated rings. The third-order valence-electron chi connectivity index (χ3n) is 3.23. The molecular weight excluding hydrogens is 279 g/mol. The molecule has 0 spiro atoms. The Labute approximate surface area is 121 Å². The first-order chi connectivity index (χ1) is 9.88. The summed E-state index contributed by atoms with van der Waals surface area (Å²) in [7, 11) is 0. The van der Waals surface area contributed by atoms with Crippen LogP contribution < -0.4 is 5.32 Å². The van der Waals surface area contributed by atoms with Crippen LogP contribution in [0.1, 0.15) is 22.8 Å². The van der Waals surface area contributed by atoms with Crippen LogP contribution in [0.25, 0.3) is 0 Å². The van der Waals surface area contributed by atoms with Crippen molar-refractivity contribution in [2.45, 2.75) is 19.2 Å². The van der Waals surface area contributed by atoms with Gasteiger partial charge in [-0.3, -0.25) is 0 Å². The molecule has 0 saturated heterocycles. The Balaban J connectivity index is 2.07. The summed E-state index contributed by atoms with van der Waals surface area (Å²) in [5, 5.41) is 12.8. The number of aryl methyl sites for hydroxylation is 1. The number of hydrogen-bond acceptors (Lipinski definition) is 2. The van der Waals surface area contributed by atoms with Crippen LogP contribution in [0.4, 0.5) is 18.9 Å². The topological polar surface area (TPSA) is 32.3 Å². The van der Waals surface area contributed by atoms with Crippen LogP contribution in [0.5, 0.6) is 0 Å². The third-order valence-corrected chi connectivity index (χ3v) is 3.23. The predicted molar refractivity (Wildman–Crippen MR) is 76.1 cm³/mol. The summed E-state index contributed by atoms with van der Waals surface area (Å²) in [6.07, 6.45) is -5.15. The summed E-state index contributed by atoms with van der Waals surface area (Å²) in [5.41, 5.74) is 0.564. The Bertz CT molecular complexity index is 596. The summed E-state index contributed by atoms with van der Waals surface area (Å²) in [6, 6.07) is 13.0. The summed E-state index contributed by atoms with van der Waals surface area (Å²) < 4.78 is 38.4. The molecule has 0 radical (unpaired) electrons. The fraction of sp³-hybridized carbons (Fsp3) is 0.250. The maximum atomic E-state index is 12.8. The van der Waals surface area contributed by atoms with Crippen molar-refractivity contribution in [3.05, 3.63) is 65.2 Å². The number of aliphatic hydroxyl groups excluding tert-OH is 1. The highest BCUT2D eigenvalue weighted by Crippen LogP contribution is 2.33. The lowest BCUT2D eigenvalue weighted by Gasteiger charge is -2.16. The van der Waals surface area contributed by atoms with Crippen molar-refractivity contribution >= 4 is 5.69 Å². The molecule has 5 heteroatoms. The minimum absolute atomic E-state index is 0.143. The van der Waals surface area contributed by atoms with Crippen molar-refractivity contribution in [3.8, 4) is 0 Å². The number of rotatable bonds is 4. The van der Waals surface area contributed by atoms with E-state index in [1.165, 1.54) is 13.0 Å². The molecular formula is C16H16F3NO. The highest BCUT2D eigenvalue weighted by atomic mass is 19.4. The second-order valence-electron chi connectivity index (χ2n) is 4.83. The summed E-state index contributed by atoms with van der Waals surface area (Å²) in [6.45, 7) is 1.57. The number of alkyl halides is 3. The van der Waals surface area contributed by atoms with Gasteiger partial charge < -0.3 is 10.4 Å². The summed E-state index contributed by atoms with van der Waals surface area (Å²) >= 11 is 0. The van der Waals surface area contributed by atoms with Crippen LogP contribution in [0.15, 0.2) is 48.5 Å². The van der Waals surface area contributed by atoms with Gasteiger partial charge in [-0.2, -0.15) is 13.2 Å². The van der Waals surface area contributed by atoms with Crippen molar-refractivity contribution in [1.82, 2.24) is 0 Å². The Hall–Kier alpha value is -2.01. The molecule has 0 aromatic heterocycles. The molecule has 2 N–H and O–H groups in total. The van der Waals surface area contributed by atoms with Gasteiger partial charge in [0.2, 0.25) is 0 Å². The maximum Gasteiger partial charge on any atom is 0.416 e. The lowest BCUT2D eigenvalue weighted by atomic mass is 10.1. The summed E-state index contributed by atoms with van der Waals surface area (Å²) in [4.78, 5) is 0. The second kappa shape index (κ2) is 6.18. The molecule has 2 rings (SSSR count). The van der Waals surface area contributed by atoms with Gasteiger partial charge in [0.25, 0.3) is 0 Å². The fourth-order valence-electron chi connectivity index (χ4n) is 2.04. The van der Waals surface area contributed by atoms with Gasteiger partial charge in [0.05, 0.1) is 11.7 Å². The molecule has 0 bridgehead atoms. The van der Waals surface area contributed by atoms with Crippen molar-refractivity contribution < 1.29 is 18.3 Å². The molecule has 0 heterocycles. The van der Waals surface area contributed by atoms with E-state index in [0.29, 0.717) is 11.3 Å². The van der Waals surface area contributed by atoms with E-state index in [2.05, 4.69) is 5.32 Å². The average molecular weight is 295 g/mol. The van der Waals surface area contributed by atoms with Gasteiger partial charge in [0, 0.05) is 12.2 Å². The number of aliphatic hydroxyl groups is 1. The van der Waals surface area contributed by atoms with E-state index in [1.54, 1.807) is 30.3 Å². The predicted octanol–water partition coefficient (Wildman–Crippen LogP) is 4.16. The Morgan fingerprint density at radius 2 is 1.76 bits per heavy atom. The first-order valence-corrected chi connectivity index (χ1v) is 6.52. The molecule has 2 aromatic rings. The van der Waals surface area contributed by atoms with Crippen molar-refractivity contribution in [2.75, 3.05) is 11.9 Å². The van der Waals surface area contributed by atoms with E-state index in [4.69, 9.17) is 0 Å². The van der Waals surface area contributed by atoms with Gasteiger partial charge in [-0.25, -0.2) is 0 Å². The Morgan fingerprint density at radius 1 is 1.10 bits per heavy atom. The van der Waals surface area contributed by atoms with Crippen LogP contribution >= 0.6 is 0 Å². The molecule has 0 amide bonds. The van der Waals surface area contributed by atoms with E-state index in [1.807, 2.05) is 6.07 Å². The fourth-order valence-corrected chi connectivity index (χ4v) is 2.04. The smallest absolute Gasteiger partial charge is 0.387 e. The molecule has 2 aromatic carbocycles. The molecule has 1 unspecified atom stereocenters. The highest BCUT2D eigenvalue weighted by Gasteiger charge is 2.32. The molecule has 0 aliphatic heterocycles. The van der Waals surface area contributed by atoms with Crippen LogP contribution in [-0.2, 0) is 6.18 Å². The molecule has 112 valence electrons. The normalized spacial score (nSPS) is 13.0. The van der Waals surface area contributed by atoms with E-state index < -0.39 is 17.8 Å². The molecule has 0 aliphatic carbocycles. The average Bonchev–Trinajstić information content (AvgIpc) is 2.45. The Morgan fingerprint density at radius 3 is 2.38 bits per heavy atom. The second-order valence-corrected chi connectivity index (χ2v) is 4.83. The van der Waals surface area contributed by atoms with Crippen LogP contribution in [-0.4, -0.2) is 11.7 Å². The minimum atomic E-state index is -4.38. The summed E-state index contributed by atoms with van der Waals surface area (Å²) in [5.74, 6) is 0. The molecule has 21 heavy (non-hydrogen) atoms. The van der Waals surface area contributed by atoms with Gasteiger partial charge in [0.1, 0.15) is 0 Å². The van der Waals surface area contributed by atoms with E-state index in [9.17, 15) is 18.3 Å². The van der Waals surface area contributed by atoms with Gasteiger partial charge in [-0.15, -0.1) is 0 Å². The van der Waals surface area contributed by atoms with Crippen molar-refractivity contribution in [1.29, 1.82) is 0 Å². The van der Waals surface area contributed by atoms with E-state index in [0.717, 1.165) is 6.07 Å². The van der Waals surface area contributed by atoms with Crippen molar-refractivity contribution in [3.63, 3.8) is 0 Å². The number of anilines is 1. The standard InChI is InChI=1S/C16H16F3NO/c1-11-7-8-13(9-14(11)16(17,18)19)20-10-15(21)12-5-3-2-4-6-12/h2-9,15,20-21H,10H2,1H3. The zero-order valence-electron chi connectivity index (χ0n) is 11.5. The van der Waals surface area contributed by atoms with Crippen LogP contribution in [0.3, 0.4) is 0 Å². The molecule has 0 saturated carbocycles. The first kappa shape index (κ1) is 15.4. The maximum absolute atomic E-state index is 12.8. The van der Waals surface area contributed by atoms with E-state index in [-0.39, 0.29) is 12.1 Å². The van der Waals surface area contributed by atoms with Gasteiger partial charge in [-0.1, -0.05) is 36.4 Å². The lowest BCUT2D eigenvalue weighted by molar-refractivity contribution is -0.138. The molecule has 1 atom stereocenters. The van der Waals surface area contributed by atoms with Crippen LogP contribution in [0, 0.1) is 6.92 Å². The minimum Gasteiger partial charge on any atom is -0.387 e.